The lowest BCUT2D eigenvalue weighted by Gasteiger charge is -2.12. The second-order valence-electron chi connectivity index (χ2n) is 5.12. The number of ether oxygens (including phenoxy) is 2. The number of rotatable bonds is 5. The fraction of sp³-hybridized carbons (Fsp3) is 0.353. The number of fused-ring (bicyclic) bond motifs is 1. The Morgan fingerprint density at radius 3 is 2.76 bits per heavy atom. The summed E-state index contributed by atoms with van der Waals surface area (Å²) in [5.74, 6) is -0.509. The van der Waals surface area contributed by atoms with E-state index in [9.17, 15) is 14.9 Å². The van der Waals surface area contributed by atoms with E-state index in [0.29, 0.717) is 23.2 Å². The second kappa shape index (κ2) is 7.57. The molecule has 130 valence electrons. The SMILES string of the molecule is CCO/C=N/c1nc2c(cc1C(=O)OCC)c(C)c(C#N)c(=O)n2C. The van der Waals surface area contributed by atoms with E-state index in [1.807, 2.05) is 6.07 Å². The van der Waals surface area contributed by atoms with Gasteiger partial charge in [0.25, 0.3) is 5.56 Å². The summed E-state index contributed by atoms with van der Waals surface area (Å²) >= 11 is 0. The molecule has 0 unspecified atom stereocenters. The molecule has 2 aromatic heterocycles. The molecule has 0 N–H and O–H groups in total. The molecule has 0 aliphatic carbocycles. The normalized spacial score (nSPS) is 10.8. The zero-order chi connectivity index (χ0) is 18.6. The molecule has 0 spiro atoms. The third-order valence-corrected chi connectivity index (χ3v) is 3.62. The Balaban J connectivity index is 2.84. The third kappa shape index (κ3) is 3.35. The van der Waals surface area contributed by atoms with Crippen LogP contribution in [-0.4, -0.2) is 35.1 Å². The highest BCUT2D eigenvalue weighted by Crippen LogP contribution is 2.25. The first kappa shape index (κ1) is 18.1. The number of pyridine rings is 2. The van der Waals surface area contributed by atoms with Gasteiger partial charge in [0.2, 0.25) is 0 Å². The summed E-state index contributed by atoms with van der Waals surface area (Å²) in [5, 5.41) is 9.74. The number of hydrogen-bond donors (Lipinski definition) is 0. The van der Waals surface area contributed by atoms with Gasteiger partial charge in [-0.3, -0.25) is 9.36 Å². The van der Waals surface area contributed by atoms with E-state index in [1.165, 1.54) is 24.1 Å². The molecule has 0 amide bonds. The van der Waals surface area contributed by atoms with Gasteiger partial charge in [0.1, 0.15) is 22.8 Å². The Hall–Kier alpha value is -3.21. The summed E-state index contributed by atoms with van der Waals surface area (Å²) < 4.78 is 11.4. The van der Waals surface area contributed by atoms with Crippen LogP contribution < -0.4 is 5.56 Å². The predicted molar refractivity (Wildman–Crippen MR) is 92.2 cm³/mol. The van der Waals surface area contributed by atoms with Crippen LogP contribution in [0, 0.1) is 18.3 Å². The molecular formula is C17H18N4O4. The number of hydrogen-bond acceptors (Lipinski definition) is 7. The number of carbonyl (C=O) groups is 1. The van der Waals surface area contributed by atoms with Gasteiger partial charge in [0, 0.05) is 12.4 Å². The highest BCUT2D eigenvalue weighted by atomic mass is 16.5. The summed E-state index contributed by atoms with van der Waals surface area (Å²) in [4.78, 5) is 32.9. The minimum atomic E-state index is -0.590. The summed E-state index contributed by atoms with van der Waals surface area (Å²) in [5.41, 5.74) is 0.467. The number of aryl methyl sites for hydroxylation is 2. The van der Waals surface area contributed by atoms with Crippen molar-refractivity contribution in [3.63, 3.8) is 0 Å². The zero-order valence-corrected chi connectivity index (χ0v) is 14.5. The van der Waals surface area contributed by atoms with Crippen molar-refractivity contribution in [2.24, 2.45) is 12.0 Å². The number of carbonyl (C=O) groups excluding carboxylic acids is 1. The summed E-state index contributed by atoms with van der Waals surface area (Å²) in [6.07, 6.45) is 1.19. The molecule has 0 radical (unpaired) electrons. The molecule has 0 saturated carbocycles. The van der Waals surface area contributed by atoms with Gasteiger partial charge in [-0.05, 0) is 32.4 Å². The zero-order valence-electron chi connectivity index (χ0n) is 14.5. The Labute approximate surface area is 144 Å². The van der Waals surface area contributed by atoms with Crippen molar-refractivity contribution in [1.82, 2.24) is 9.55 Å². The van der Waals surface area contributed by atoms with Gasteiger partial charge in [-0.1, -0.05) is 0 Å². The molecule has 0 aromatic carbocycles. The van der Waals surface area contributed by atoms with E-state index >= 15 is 0 Å². The monoisotopic (exact) mass is 342 g/mol. The van der Waals surface area contributed by atoms with E-state index in [2.05, 4.69) is 9.98 Å². The van der Waals surface area contributed by atoms with Crippen LogP contribution in [0.1, 0.15) is 35.3 Å². The standard InChI is InChI=1S/C17H18N4O4/c1-5-24-9-19-14-12(17(23)25-6-2)7-11-10(3)13(8-18)16(22)21(4)15(11)20-14/h7,9H,5-6H2,1-4H3/b19-9+. The summed E-state index contributed by atoms with van der Waals surface area (Å²) in [7, 11) is 1.51. The van der Waals surface area contributed by atoms with Gasteiger partial charge in [0.05, 0.1) is 13.2 Å². The van der Waals surface area contributed by atoms with Crippen molar-refractivity contribution in [2.75, 3.05) is 13.2 Å². The Bertz CT molecular complexity index is 954. The van der Waals surface area contributed by atoms with E-state index < -0.39 is 11.5 Å². The van der Waals surface area contributed by atoms with E-state index in [1.54, 1.807) is 20.8 Å². The molecule has 2 rings (SSSR count). The van der Waals surface area contributed by atoms with Crippen LogP contribution in [0.5, 0.6) is 0 Å². The summed E-state index contributed by atoms with van der Waals surface area (Å²) in [6, 6.07) is 3.44. The lowest BCUT2D eigenvalue weighted by Crippen LogP contribution is -2.22. The first-order chi connectivity index (χ1) is 12.0. The Morgan fingerprint density at radius 1 is 1.44 bits per heavy atom. The number of nitriles is 1. The molecule has 0 bridgehead atoms. The quantitative estimate of drug-likeness (QED) is 0.467. The molecule has 0 atom stereocenters. The lowest BCUT2D eigenvalue weighted by atomic mass is 10.1. The van der Waals surface area contributed by atoms with Gasteiger partial charge in [-0.2, -0.15) is 5.26 Å². The predicted octanol–water partition coefficient (Wildman–Crippen LogP) is 1.99. The van der Waals surface area contributed by atoms with Crippen LogP contribution in [-0.2, 0) is 16.5 Å². The fourth-order valence-electron chi connectivity index (χ4n) is 2.34. The second-order valence-corrected chi connectivity index (χ2v) is 5.12. The number of aromatic nitrogens is 2. The molecule has 8 heteroatoms. The minimum absolute atomic E-state index is 0.0113. The van der Waals surface area contributed by atoms with Crippen LogP contribution in [0.3, 0.4) is 0 Å². The van der Waals surface area contributed by atoms with Crippen molar-refractivity contribution in [3.05, 3.63) is 33.1 Å². The van der Waals surface area contributed by atoms with Crippen LogP contribution in [0.15, 0.2) is 15.9 Å². The van der Waals surface area contributed by atoms with E-state index in [-0.39, 0.29) is 23.6 Å². The van der Waals surface area contributed by atoms with Gasteiger partial charge >= 0.3 is 5.97 Å². The molecular weight excluding hydrogens is 324 g/mol. The molecule has 0 aliphatic rings. The first-order valence-corrected chi connectivity index (χ1v) is 7.71. The third-order valence-electron chi connectivity index (χ3n) is 3.62. The number of esters is 1. The van der Waals surface area contributed by atoms with Gasteiger partial charge < -0.3 is 9.47 Å². The van der Waals surface area contributed by atoms with Crippen LogP contribution in [0.4, 0.5) is 5.82 Å². The maximum absolute atomic E-state index is 12.3. The average Bonchev–Trinajstić information content (AvgIpc) is 2.60. The highest BCUT2D eigenvalue weighted by molar-refractivity contribution is 5.99. The molecule has 2 aromatic rings. The molecule has 0 aliphatic heterocycles. The van der Waals surface area contributed by atoms with Crippen molar-refractivity contribution < 1.29 is 14.3 Å². The van der Waals surface area contributed by atoms with Crippen molar-refractivity contribution in [2.45, 2.75) is 20.8 Å². The van der Waals surface area contributed by atoms with Gasteiger partial charge in [-0.15, -0.1) is 0 Å². The molecule has 0 fully saturated rings. The molecule has 2 heterocycles. The van der Waals surface area contributed by atoms with E-state index in [0.717, 1.165) is 0 Å². The first-order valence-electron chi connectivity index (χ1n) is 7.71. The van der Waals surface area contributed by atoms with Crippen LogP contribution >= 0.6 is 0 Å². The Morgan fingerprint density at radius 2 is 2.16 bits per heavy atom. The Kier molecular flexibility index (Phi) is 5.49. The van der Waals surface area contributed by atoms with Gasteiger partial charge in [0.15, 0.2) is 12.2 Å². The van der Waals surface area contributed by atoms with Gasteiger partial charge in [-0.25, -0.2) is 14.8 Å². The van der Waals surface area contributed by atoms with Crippen LogP contribution in [0.25, 0.3) is 11.0 Å². The average molecular weight is 342 g/mol. The van der Waals surface area contributed by atoms with E-state index in [4.69, 9.17) is 9.47 Å². The molecule has 8 nitrogen and oxygen atoms in total. The smallest absolute Gasteiger partial charge is 0.342 e. The minimum Gasteiger partial charge on any atom is -0.483 e. The largest absolute Gasteiger partial charge is 0.483 e. The molecule has 0 saturated heterocycles. The summed E-state index contributed by atoms with van der Waals surface area (Å²) in [6.45, 7) is 5.74. The number of aliphatic imine (C=N–C) groups is 1. The van der Waals surface area contributed by atoms with Crippen molar-refractivity contribution in [3.8, 4) is 6.07 Å². The van der Waals surface area contributed by atoms with Crippen LogP contribution in [0.2, 0.25) is 0 Å². The van der Waals surface area contributed by atoms with Crippen molar-refractivity contribution in [1.29, 1.82) is 5.26 Å². The van der Waals surface area contributed by atoms with Crippen molar-refractivity contribution >= 4 is 29.2 Å². The topological polar surface area (TPSA) is 107 Å². The maximum atomic E-state index is 12.3. The molecule has 25 heavy (non-hydrogen) atoms. The fourth-order valence-corrected chi connectivity index (χ4v) is 2.34. The highest BCUT2D eigenvalue weighted by Gasteiger charge is 2.20. The lowest BCUT2D eigenvalue weighted by molar-refractivity contribution is 0.0527. The maximum Gasteiger partial charge on any atom is 0.342 e. The number of nitrogens with zero attached hydrogens (tertiary/aromatic N) is 4.